The normalized spacial score (nSPS) is 39.3. The van der Waals surface area contributed by atoms with Crippen molar-refractivity contribution in [2.24, 2.45) is 17.8 Å². The third-order valence-electron chi connectivity index (χ3n) is 5.06. The maximum atomic E-state index is 14.0. The van der Waals surface area contributed by atoms with Crippen LogP contribution < -0.4 is 0 Å². The predicted molar refractivity (Wildman–Crippen MR) is 86.8 cm³/mol. The van der Waals surface area contributed by atoms with Gasteiger partial charge in [-0.2, -0.15) is 5.26 Å². The van der Waals surface area contributed by atoms with Gasteiger partial charge in [0.25, 0.3) is 0 Å². The van der Waals surface area contributed by atoms with E-state index in [1.807, 2.05) is 6.92 Å². The Morgan fingerprint density at radius 2 is 2.18 bits per heavy atom. The smallest absolute Gasteiger partial charge is 0.141 e. The van der Waals surface area contributed by atoms with Crippen LogP contribution in [0, 0.1) is 34.9 Å². The summed E-state index contributed by atoms with van der Waals surface area (Å²) < 4.78 is 39.9. The Morgan fingerprint density at radius 1 is 1.32 bits per heavy atom. The fourth-order valence-electron chi connectivity index (χ4n) is 3.90. The number of nitriles is 1. The third kappa shape index (κ3) is 3.09. The number of halogens is 1. The second kappa shape index (κ2) is 6.65. The van der Waals surface area contributed by atoms with Gasteiger partial charge in [-0.05, 0) is 86.7 Å². The van der Waals surface area contributed by atoms with Gasteiger partial charge in [-0.3, -0.25) is 0 Å². The zero-order chi connectivity index (χ0) is 18.2. The van der Waals surface area contributed by atoms with Crippen LogP contribution in [0.2, 0.25) is 0 Å². The Kier molecular flexibility index (Phi) is 3.59. The Labute approximate surface area is 137 Å². The molecule has 2 heteroatoms. The SMILES string of the molecule is [2H]C1C2CCC(C=CC)CC2CC([2H])([2H])C1c1ccc(C#N)c(F)c1. The summed E-state index contributed by atoms with van der Waals surface area (Å²) in [6.07, 6.45) is 5.48. The van der Waals surface area contributed by atoms with Crippen LogP contribution in [-0.2, 0) is 0 Å². The highest BCUT2D eigenvalue weighted by Gasteiger charge is 2.35. The number of fused-ring (bicyclic) bond motifs is 1. The molecule has 0 bridgehead atoms. The van der Waals surface area contributed by atoms with Crippen LogP contribution in [0.5, 0.6) is 0 Å². The first-order valence-corrected chi connectivity index (χ1v) is 8.12. The fourth-order valence-corrected chi connectivity index (χ4v) is 3.90. The van der Waals surface area contributed by atoms with Gasteiger partial charge >= 0.3 is 0 Å². The molecule has 2 saturated carbocycles. The van der Waals surface area contributed by atoms with Crippen molar-refractivity contribution in [1.29, 1.82) is 5.26 Å². The average molecular weight is 300 g/mol. The molecule has 1 aromatic rings. The summed E-state index contributed by atoms with van der Waals surface area (Å²) in [7, 11) is 0. The maximum Gasteiger partial charge on any atom is 0.141 e. The Bertz CT molecular complexity index is 709. The van der Waals surface area contributed by atoms with Gasteiger partial charge in [-0.15, -0.1) is 0 Å². The Hall–Kier alpha value is -1.62. The van der Waals surface area contributed by atoms with Crippen LogP contribution in [0.4, 0.5) is 4.39 Å². The Morgan fingerprint density at radius 3 is 2.91 bits per heavy atom. The first-order chi connectivity index (χ1) is 11.9. The highest BCUT2D eigenvalue weighted by molar-refractivity contribution is 5.35. The highest BCUT2D eigenvalue weighted by atomic mass is 19.1. The zero-order valence-electron chi connectivity index (χ0n) is 15.9. The van der Waals surface area contributed by atoms with Crippen molar-refractivity contribution < 1.29 is 8.50 Å². The maximum absolute atomic E-state index is 14.0. The van der Waals surface area contributed by atoms with E-state index < -0.39 is 24.5 Å². The predicted octanol–water partition coefficient (Wildman–Crippen LogP) is 5.57. The lowest BCUT2D eigenvalue weighted by Gasteiger charge is -2.41. The van der Waals surface area contributed by atoms with Gasteiger partial charge in [0.05, 0.1) is 5.56 Å². The van der Waals surface area contributed by atoms with Gasteiger partial charge in [0.1, 0.15) is 11.9 Å². The minimum atomic E-state index is -1.54. The molecule has 5 atom stereocenters. The highest BCUT2D eigenvalue weighted by Crippen LogP contribution is 2.47. The lowest BCUT2D eigenvalue weighted by Crippen LogP contribution is -2.30. The molecule has 0 aliphatic heterocycles. The van der Waals surface area contributed by atoms with E-state index in [9.17, 15) is 4.39 Å². The molecule has 2 fully saturated rings. The van der Waals surface area contributed by atoms with Crippen LogP contribution in [0.3, 0.4) is 0 Å². The summed E-state index contributed by atoms with van der Waals surface area (Å²) in [6.45, 7) is 2.01. The van der Waals surface area contributed by atoms with Crippen molar-refractivity contribution in [1.82, 2.24) is 0 Å². The van der Waals surface area contributed by atoms with E-state index in [0.717, 1.165) is 19.3 Å². The van der Waals surface area contributed by atoms with Crippen LogP contribution in [0.15, 0.2) is 30.4 Å². The molecule has 22 heavy (non-hydrogen) atoms. The molecule has 0 radical (unpaired) electrons. The fraction of sp³-hybridized carbons (Fsp3) is 0.550. The van der Waals surface area contributed by atoms with Crippen LogP contribution in [0.1, 0.15) is 66.5 Å². The number of rotatable bonds is 2. The van der Waals surface area contributed by atoms with E-state index in [2.05, 4.69) is 12.2 Å². The molecule has 0 heterocycles. The number of benzene rings is 1. The van der Waals surface area contributed by atoms with Crippen LogP contribution in [0.25, 0.3) is 0 Å². The topological polar surface area (TPSA) is 23.8 Å². The van der Waals surface area contributed by atoms with Gasteiger partial charge in [-0.25, -0.2) is 4.39 Å². The lowest BCUT2D eigenvalue weighted by atomic mass is 9.64. The van der Waals surface area contributed by atoms with Crippen molar-refractivity contribution in [3.05, 3.63) is 47.3 Å². The molecule has 2 aliphatic carbocycles. The molecule has 116 valence electrons. The molecule has 1 aromatic carbocycles. The quantitative estimate of drug-likeness (QED) is 0.655. The van der Waals surface area contributed by atoms with Gasteiger partial charge in [0, 0.05) is 4.11 Å². The van der Waals surface area contributed by atoms with Crippen molar-refractivity contribution >= 4 is 0 Å². The Balaban J connectivity index is 1.89. The molecule has 0 amide bonds. The number of nitrogens with zero attached hydrogens (tertiary/aromatic N) is 1. The number of hydrogen-bond donors (Lipinski definition) is 0. The molecule has 0 aromatic heterocycles. The average Bonchev–Trinajstić information content (AvgIpc) is 2.54. The summed E-state index contributed by atoms with van der Waals surface area (Å²) in [6, 6.07) is 6.08. The molecule has 3 rings (SSSR count). The van der Waals surface area contributed by atoms with Gasteiger partial charge in [0.2, 0.25) is 0 Å². The van der Waals surface area contributed by atoms with E-state index in [4.69, 9.17) is 9.37 Å². The lowest BCUT2D eigenvalue weighted by molar-refractivity contribution is 0.133. The summed E-state index contributed by atoms with van der Waals surface area (Å²) >= 11 is 0. The minimum Gasteiger partial charge on any atom is -0.206 e. The first-order valence-electron chi connectivity index (χ1n) is 9.69. The van der Waals surface area contributed by atoms with Gasteiger partial charge in [0.15, 0.2) is 0 Å². The molecule has 1 nitrogen and oxygen atoms in total. The van der Waals surface area contributed by atoms with E-state index in [0.29, 0.717) is 17.9 Å². The second-order valence-corrected chi connectivity index (χ2v) is 6.45. The molecule has 0 spiro atoms. The third-order valence-corrected chi connectivity index (χ3v) is 5.06. The molecular weight excluding hydrogens is 273 g/mol. The molecular formula is C20H24FN. The summed E-state index contributed by atoms with van der Waals surface area (Å²) in [5.41, 5.74) is 0.474. The standard InChI is InChI=1S/C20H24FN/c1-2-3-14-4-5-16-11-17(7-6-15(16)10-14)18-8-9-19(13-22)20(21)12-18/h2-3,8-9,12,14-17H,4-7,10-11H2,1H3/i7D2,11D. The molecule has 5 unspecified atom stereocenters. The van der Waals surface area contributed by atoms with Gasteiger partial charge in [-0.1, -0.05) is 18.2 Å². The summed E-state index contributed by atoms with van der Waals surface area (Å²) in [5, 5.41) is 8.89. The zero-order valence-corrected chi connectivity index (χ0v) is 12.9. The largest absolute Gasteiger partial charge is 0.206 e. The molecule has 0 N–H and O–H groups in total. The monoisotopic (exact) mass is 300 g/mol. The van der Waals surface area contributed by atoms with E-state index in [1.54, 1.807) is 12.1 Å². The first kappa shape index (κ1) is 11.9. The van der Waals surface area contributed by atoms with Crippen LogP contribution >= 0.6 is 0 Å². The number of allylic oxidation sites excluding steroid dienone is 2. The minimum absolute atomic E-state index is 0.0358. The summed E-state index contributed by atoms with van der Waals surface area (Å²) in [4.78, 5) is 0. The van der Waals surface area contributed by atoms with Crippen molar-refractivity contribution in [2.45, 2.75) is 51.3 Å². The summed E-state index contributed by atoms with van der Waals surface area (Å²) in [5.74, 6) is -0.407. The number of hydrogen-bond acceptors (Lipinski definition) is 1. The second-order valence-electron chi connectivity index (χ2n) is 6.45. The van der Waals surface area contributed by atoms with E-state index >= 15 is 0 Å². The van der Waals surface area contributed by atoms with Crippen molar-refractivity contribution in [3.63, 3.8) is 0 Å². The van der Waals surface area contributed by atoms with Crippen molar-refractivity contribution in [3.8, 4) is 6.07 Å². The van der Waals surface area contributed by atoms with Gasteiger partial charge < -0.3 is 0 Å². The molecule has 2 aliphatic rings. The van der Waals surface area contributed by atoms with E-state index in [1.165, 1.54) is 12.1 Å². The molecule has 0 saturated heterocycles. The van der Waals surface area contributed by atoms with E-state index in [-0.39, 0.29) is 17.4 Å². The van der Waals surface area contributed by atoms with Crippen LogP contribution in [-0.4, -0.2) is 0 Å². The van der Waals surface area contributed by atoms with Crippen molar-refractivity contribution in [2.75, 3.05) is 0 Å².